The summed E-state index contributed by atoms with van der Waals surface area (Å²) in [6.45, 7) is 1.36. The van der Waals surface area contributed by atoms with Gasteiger partial charge in [-0.1, -0.05) is 6.42 Å². The molecule has 5 nitrogen and oxygen atoms in total. The van der Waals surface area contributed by atoms with Crippen LogP contribution >= 0.6 is 24.0 Å². The van der Waals surface area contributed by atoms with Crippen LogP contribution in [-0.2, 0) is 9.84 Å². The molecular weight excluding hydrogens is 353 g/mol. The van der Waals surface area contributed by atoms with Crippen molar-refractivity contribution in [1.29, 1.82) is 0 Å². The fourth-order valence-electron chi connectivity index (χ4n) is 1.51. The zero-order valence-electron chi connectivity index (χ0n) is 10.2. The Hall–Kier alpha value is -0.0500. The average Bonchev–Trinajstić information content (AvgIpc) is 2.08. The zero-order chi connectivity index (χ0) is 12.0. The van der Waals surface area contributed by atoms with Crippen molar-refractivity contribution in [2.24, 2.45) is 16.6 Å². The van der Waals surface area contributed by atoms with Gasteiger partial charge in [-0.3, -0.25) is 4.99 Å². The molecule has 3 N–H and O–H groups in total. The minimum Gasteiger partial charge on any atom is -0.370 e. The molecule has 17 heavy (non-hydrogen) atoms. The van der Waals surface area contributed by atoms with Crippen LogP contribution in [0.25, 0.3) is 0 Å². The van der Waals surface area contributed by atoms with E-state index in [2.05, 4.69) is 10.3 Å². The van der Waals surface area contributed by atoms with Crippen molar-refractivity contribution >= 4 is 39.8 Å². The number of rotatable bonds is 6. The van der Waals surface area contributed by atoms with E-state index >= 15 is 0 Å². The molecule has 0 heterocycles. The van der Waals surface area contributed by atoms with Crippen LogP contribution in [0, 0.1) is 5.92 Å². The van der Waals surface area contributed by atoms with Gasteiger partial charge >= 0.3 is 0 Å². The van der Waals surface area contributed by atoms with E-state index in [9.17, 15) is 8.42 Å². The molecule has 1 aliphatic carbocycles. The molecule has 0 aromatic rings. The molecule has 0 aromatic heterocycles. The summed E-state index contributed by atoms with van der Waals surface area (Å²) in [5.41, 5.74) is 5.64. The predicted molar refractivity (Wildman–Crippen MR) is 81.6 cm³/mol. The van der Waals surface area contributed by atoms with Gasteiger partial charge in [0.25, 0.3) is 0 Å². The molecule has 0 aliphatic heterocycles. The minimum atomic E-state index is -2.86. The van der Waals surface area contributed by atoms with Gasteiger partial charge in [-0.25, -0.2) is 8.42 Å². The molecule has 0 aromatic carbocycles. The molecule has 0 amide bonds. The molecule has 0 spiro atoms. The summed E-state index contributed by atoms with van der Waals surface area (Å²) in [6, 6.07) is 0. The molecule has 0 radical (unpaired) electrons. The summed E-state index contributed by atoms with van der Waals surface area (Å²) < 4.78 is 21.7. The van der Waals surface area contributed by atoms with Crippen molar-refractivity contribution in [2.75, 3.05) is 25.1 Å². The summed E-state index contributed by atoms with van der Waals surface area (Å²) in [4.78, 5) is 4.21. The second-order valence-corrected chi connectivity index (χ2v) is 6.69. The highest BCUT2D eigenvalue weighted by Crippen LogP contribution is 2.26. The Bertz CT molecular complexity index is 339. The summed E-state index contributed by atoms with van der Waals surface area (Å²) >= 11 is 0. The standard InChI is InChI=1S/C10H21N3O2S.HI/c1-16(14,15)7-3-6-12-10(11)13-8-9-4-2-5-9;/h9H,2-8H2,1H3,(H3,11,12,13);1H. The third kappa shape index (κ3) is 8.64. The van der Waals surface area contributed by atoms with Crippen molar-refractivity contribution in [1.82, 2.24) is 5.32 Å². The van der Waals surface area contributed by atoms with Gasteiger partial charge in [-0.15, -0.1) is 24.0 Å². The van der Waals surface area contributed by atoms with Crippen LogP contribution in [0.1, 0.15) is 25.7 Å². The SMILES string of the molecule is CS(=O)(=O)CCCNC(N)=NCC1CCC1.I. The first-order chi connectivity index (χ1) is 7.47. The summed E-state index contributed by atoms with van der Waals surface area (Å²) in [5, 5.41) is 2.92. The van der Waals surface area contributed by atoms with E-state index in [1.807, 2.05) is 0 Å². The summed E-state index contributed by atoms with van der Waals surface area (Å²) in [6.07, 6.45) is 5.62. The highest BCUT2D eigenvalue weighted by atomic mass is 127. The van der Waals surface area contributed by atoms with Gasteiger partial charge < -0.3 is 11.1 Å². The summed E-state index contributed by atoms with van der Waals surface area (Å²) in [7, 11) is -2.86. The molecule has 0 atom stereocenters. The molecule has 102 valence electrons. The van der Waals surface area contributed by atoms with Crippen molar-refractivity contribution in [3.05, 3.63) is 0 Å². The lowest BCUT2D eigenvalue weighted by Gasteiger charge is -2.23. The van der Waals surface area contributed by atoms with E-state index in [0.717, 1.165) is 6.54 Å². The predicted octanol–water partition coefficient (Wildman–Crippen LogP) is 0.744. The van der Waals surface area contributed by atoms with E-state index < -0.39 is 9.84 Å². The Morgan fingerprint density at radius 2 is 2.12 bits per heavy atom. The molecule has 0 saturated heterocycles. The number of halogens is 1. The number of nitrogens with zero attached hydrogens (tertiary/aromatic N) is 1. The van der Waals surface area contributed by atoms with Crippen LogP contribution in [0.3, 0.4) is 0 Å². The van der Waals surface area contributed by atoms with E-state index in [4.69, 9.17) is 5.73 Å². The van der Waals surface area contributed by atoms with E-state index in [1.54, 1.807) is 0 Å². The van der Waals surface area contributed by atoms with Gasteiger partial charge in [-0.2, -0.15) is 0 Å². The third-order valence-corrected chi connectivity index (χ3v) is 3.77. The number of guanidine groups is 1. The second-order valence-electron chi connectivity index (χ2n) is 4.43. The number of hydrogen-bond acceptors (Lipinski definition) is 3. The number of sulfone groups is 1. The highest BCUT2D eigenvalue weighted by molar-refractivity contribution is 14.0. The maximum Gasteiger partial charge on any atom is 0.188 e. The molecule has 0 unspecified atom stereocenters. The second kappa shape index (κ2) is 8.12. The molecule has 1 rings (SSSR count). The number of nitrogens with one attached hydrogen (secondary N) is 1. The molecular formula is C10H22IN3O2S. The summed E-state index contributed by atoms with van der Waals surface area (Å²) in [5.74, 6) is 1.33. The Balaban J connectivity index is 0.00000256. The first-order valence-electron chi connectivity index (χ1n) is 5.69. The normalized spacial score (nSPS) is 17.1. The Morgan fingerprint density at radius 1 is 1.47 bits per heavy atom. The van der Waals surface area contributed by atoms with Gasteiger partial charge in [0.05, 0.1) is 5.75 Å². The first kappa shape index (κ1) is 16.9. The molecule has 1 saturated carbocycles. The monoisotopic (exact) mass is 375 g/mol. The van der Waals surface area contributed by atoms with Gasteiger partial charge in [0.2, 0.25) is 0 Å². The third-order valence-electron chi connectivity index (χ3n) is 2.74. The average molecular weight is 375 g/mol. The lowest BCUT2D eigenvalue weighted by atomic mass is 9.86. The van der Waals surface area contributed by atoms with Gasteiger partial charge in [0, 0.05) is 19.3 Å². The number of nitrogens with two attached hydrogens (primary N) is 1. The molecule has 1 fully saturated rings. The fourth-order valence-corrected chi connectivity index (χ4v) is 2.18. The minimum absolute atomic E-state index is 0. The van der Waals surface area contributed by atoms with Crippen LogP contribution < -0.4 is 11.1 Å². The van der Waals surface area contributed by atoms with Crippen LogP contribution in [-0.4, -0.2) is 39.5 Å². The van der Waals surface area contributed by atoms with Crippen LogP contribution in [0.15, 0.2) is 4.99 Å². The first-order valence-corrected chi connectivity index (χ1v) is 7.75. The van der Waals surface area contributed by atoms with Crippen molar-refractivity contribution in [2.45, 2.75) is 25.7 Å². The quantitative estimate of drug-likeness (QED) is 0.311. The van der Waals surface area contributed by atoms with Crippen molar-refractivity contribution in [3.8, 4) is 0 Å². The van der Waals surface area contributed by atoms with E-state index in [0.29, 0.717) is 24.8 Å². The van der Waals surface area contributed by atoms with E-state index in [1.165, 1.54) is 25.5 Å². The fraction of sp³-hybridized carbons (Fsp3) is 0.900. The maximum absolute atomic E-state index is 10.8. The lowest BCUT2D eigenvalue weighted by Crippen LogP contribution is -2.34. The number of aliphatic imine (C=N–C) groups is 1. The Labute approximate surface area is 121 Å². The molecule has 1 aliphatic rings. The Morgan fingerprint density at radius 3 is 2.59 bits per heavy atom. The maximum atomic E-state index is 10.8. The van der Waals surface area contributed by atoms with Gasteiger partial charge in [0.15, 0.2) is 5.96 Å². The van der Waals surface area contributed by atoms with Gasteiger partial charge in [-0.05, 0) is 25.2 Å². The van der Waals surface area contributed by atoms with E-state index in [-0.39, 0.29) is 29.7 Å². The van der Waals surface area contributed by atoms with Crippen LogP contribution in [0.5, 0.6) is 0 Å². The number of hydrogen-bond donors (Lipinski definition) is 2. The van der Waals surface area contributed by atoms with Gasteiger partial charge in [0.1, 0.15) is 9.84 Å². The topological polar surface area (TPSA) is 84.5 Å². The van der Waals surface area contributed by atoms with Crippen LogP contribution in [0.4, 0.5) is 0 Å². The van der Waals surface area contributed by atoms with Crippen molar-refractivity contribution < 1.29 is 8.42 Å². The largest absolute Gasteiger partial charge is 0.370 e. The Kier molecular flexibility index (Phi) is 8.10. The zero-order valence-corrected chi connectivity index (χ0v) is 13.3. The molecule has 7 heteroatoms. The highest BCUT2D eigenvalue weighted by Gasteiger charge is 2.16. The lowest BCUT2D eigenvalue weighted by molar-refractivity contribution is 0.326. The van der Waals surface area contributed by atoms with Crippen molar-refractivity contribution in [3.63, 3.8) is 0 Å². The van der Waals surface area contributed by atoms with Crippen LogP contribution in [0.2, 0.25) is 0 Å². The molecule has 0 bridgehead atoms. The smallest absolute Gasteiger partial charge is 0.188 e.